The summed E-state index contributed by atoms with van der Waals surface area (Å²) in [7, 11) is 0. The third-order valence-electron chi connectivity index (χ3n) is 3.43. The minimum atomic E-state index is -0.295. The number of carbonyl (C=O) groups is 1. The summed E-state index contributed by atoms with van der Waals surface area (Å²) in [6, 6.07) is 10.0. The van der Waals surface area contributed by atoms with Crippen molar-refractivity contribution in [1.29, 1.82) is 0 Å². The molecule has 0 bridgehead atoms. The van der Waals surface area contributed by atoms with Gasteiger partial charge in [-0.1, -0.05) is 30.3 Å². The number of benzene rings is 1. The van der Waals surface area contributed by atoms with Gasteiger partial charge in [0.2, 0.25) is 5.91 Å². The second-order valence-electron chi connectivity index (χ2n) is 5.01. The summed E-state index contributed by atoms with van der Waals surface area (Å²) in [6.07, 6.45) is 2.23. The van der Waals surface area contributed by atoms with Gasteiger partial charge in [0, 0.05) is 18.0 Å². The van der Waals surface area contributed by atoms with E-state index in [1.54, 1.807) is 0 Å². The maximum Gasteiger partial charge on any atom is 0.223 e. The normalized spacial score (nSPS) is 24.9. The number of nitrogens with two attached hydrogens (primary N) is 1. The summed E-state index contributed by atoms with van der Waals surface area (Å²) >= 11 is 0. The van der Waals surface area contributed by atoms with Crippen molar-refractivity contribution in [2.24, 2.45) is 11.7 Å². The molecule has 1 heterocycles. The maximum atomic E-state index is 11.8. The minimum Gasteiger partial charge on any atom is -0.395 e. The molecule has 0 aromatic heterocycles. The molecule has 1 aromatic carbocycles. The third-order valence-corrected chi connectivity index (χ3v) is 3.43. The lowest BCUT2D eigenvalue weighted by Gasteiger charge is -2.12. The molecule has 1 fully saturated rings. The van der Waals surface area contributed by atoms with Gasteiger partial charge in [-0.05, 0) is 24.8 Å². The molecule has 0 radical (unpaired) electrons. The topological polar surface area (TPSA) is 75.3 Å². The maximum absolute atomic E-state index is 11.8. The van der Waals surface area contributed by atoms with Crippen LogP contribution in [0.3, 0.4) is 0 Å². The second kappa shape index (κ2) is 5.98. The fourth-order valence-corrected chi connectivity index (χ4v) is 2.50. The highest BCUT2D eigenvalue weighted by atomic mass is 16.3. The smallest absolute Gasteiger partial charge is 0.223 e. The van der Waals surface area contributed by atoms with Crippen LogP contribution in [0.4, 0.5) is 0 Å². The zero-order valence-corrected chi connectivity index (χ0v) is 10.4. The zero-order valence-electron chi connectivity index (χ0n) is 10.4. The molecular weight excluding hydrogens is 228 g/mol. The van der Waals surface area contributed by atoms with Gasteiger partial charge in [-0.25, -0.2) is 0 Å². The van der Waals surface area contributed by atoms with Crippen LogP contribution in [-0.4, -0.2) is 29.7 Å². The van der Waals surface area contributed by atoms with Gasteiger partial charge in [-0.15, -0.1) is 0 Å². The standard InChI is InChI=1S/C14H20N2O2/c15-12(9-17)7-11-8-13(16-14(11)18)6-10-4-2-1-3-5-10/h1-5,11-13,17H,6-9,15H2,(H,16,18). The van der Waals surface area contributed by atoms with E-state index in [1.165, 1.54) is 5.56 Å². The van der Waals surface area contributed by atoms with Crippen LogP contribution < -0.4 is 11.1 Å². The molecule has 0 saturated carbocycles. The first-order valence-corrected chi connectivity index (χ1v) is 6.39. The lowest BCUT2D eigenvalue weighted by atomic mass is 9.95. The van der Waals surface area contributed by atoms with Gasteiger partial charge in [0.1, 0.15) is 0 Å². The van der Waals surface area contributed by atoms with E-state index in [1.807, 2.05) is 18.2 Å². The van der Waals surface area contributed by atoms with Crippen molar-refractivity contribution in [3.05, 3.63) is 35.9 Å². The Morgan fingerprint density at radius 1 is 1.39 bits per heavy atom. The van der Waals surface area contributed by atoms with Crippen LogP contribution in [0.15, 0.2) is 30.3 Å². The van der Waals surface area contributed by atoms with E-state index in [9.17, 15) is 4.79 Å². The number of carbonyl (C=O) groups excluding carboxylic acids is 1. The molecule has 4 N–H and O–H groups in total. The molecule has 98 valence electrons. The first kappa shape index (κ1) is 13.1. The average Bonchev–Trinajstić information content (AvgIpc) is 2.70. The van der Waals surface area contributed by atoms with E-state index < -0.39 is 0 Å². The molecule has 3 atom stereocenters. The first-order valence-electron chi connectivity index (χ1n) is 6.39. The van der Waals surface area contributed by atoms with Crippen LogP contribution in [0.2, 0.25) is 0 Å². The molecular formula is C14H20N2O2. The molecule has 1 aliphatic rings. The van der Waals surface area contributed by atoms with Crippen molar-refractivity contribution in [1.82, 2.24) is 5.32 Å². The summed E-state index contributed by atoms with van der Waals surface area (Å²) in [5, 5.41) is 11.9. The first-order chi connectivity index (χ1) is 8.69. The van der Waals surface area contributed by atoms with Gasteiger partial charge in [-0.3, -0.25) is 4.79 Å². The number of aliphatic hydroxyl groups is 1. The van der Waals surface area contributed by atoms with E-state index in [-0.39, 0.29) is 30.5 Å². The molecule has 0 aliphatic carbocycles. The molecule has 0 spiro atoms. The lowest BCUT2D eigenvalue weighted by molar-refractivity contribution is -0.122. The second-order valence-corrected chi connectivity index (χ2v) is 5.01. The molecule has 4 heteroatoms. The molecule has 1 aliphatic heterocycles. The number of hydrogen-bond acceptors (Lipinski definition) is 3. The SMILES string of the molecule is NC(CO)CC1CC(Cc2ccccc2)NC1=O. The number of rotatable bonds is 5. The minimum absolute atomic E-state index is 0.0548. The fourth-order valence-electron chi connectivity index (χ4n) is 2.50. The van der Waals surface area contributed by atoms with E-state index >= 15 is 0 Å². The molecule has 1 amide bonds. The highest BCUT2D eigenvalue weighted by Crippen LogP contribution is 2.22. The molecule has 3 unspecified atom stereocenters. The number of nitrogens with one attached hydrogen (secondary N) is 1. The van der Waals surface area contributed by atoms with Crippen molar-refractivity contribution in [3.63, 3.8) is 0 Å². The van der Waals surface area contributed by atoms with E-state index in [2.05, 4.69) is 17.4 Å². The van der Waals surface area contributed by atoms with Crippen LogP contribution in [0.25, 0.3) is 0 Å². The molecule has 18 heavy (non-hydrogen) atoms. The monoisotopic (exact) mass is 248 g/mol. The van der Waals surface area contributed by atoms with E-state index in [0.29, 0.717) is 6.42 Å². The van der Waals surface area contributed by atoms with Gasteiger partial charge >= 0.3 is 0 Å². The van der Waals surface area contributed by atoms with Crippen LogP contribution >= 0.6 is 0 Å². The summed E-state index contributed by atoms with van der Waals surface area (Å²) in [5.41, 5.74) is 6.91. The fraction of sp³-hybridized carbons (Fsp3) is 0.500. The predicted molar refractivity (Wildman–Crippen MR) is 69.9 cm³/mol. The van der Waals surface area contributed by atoms with Crippen LogP contribution in [0.1, 0.15) is 18.4 Å². The zero-order chi connectivity index (χ0) is 13.0. The number of aliphatic hydroxyl groups excluding tert-OH is 1. The van der Waals surface area contributed by atoms with Gasteiger partial charge in [0.15, 0.2) is 0 Å². The number of hydrogen-bond donors (Lipinski definition) is 3. The highest BCUT2D eigenvalue weighted by molar-refractivity contribution is 5.81. The Morgan fingerprint density at radius 3 is 2.78 bits per heavy atom. The summed E-state index contributed by atoms with van der Waals surface area (Å²) in [5.74, 6) is 0.0145. The van der Waals surface area contributed by atoms with Gasteiger partial charge in [-0.2, -0.15) is 0 Å². The molecule has 4 nitrogen and oxygen atoms in total. The summed E-state index contributed by atoms with van der Waals surface area (Å²) in [6.45, 7) is -0.0624. The molecule has 1 aromatic rings. The Hall–Kier alpha value is -1.39. The van der Waals surface area contributed by atoms with Gasteiger partial charge in [0.25, 0.3) is 0 Å². The average molecular weight is 248 g/mol. The third kappa shape index (κ3) is 3.31. The van der Waals surface area contributed by atoms with Gasteiger partial charge in [0.05, 0.1) is 6.61 Å². The van der Waals surface area contributed by atoms with Crippen LogP contribution in [0.5, 0.6) is 0 Å². The van der Waals surface area contributed by atoms with E-state index in [4.69, 9.17) is 10.8 Å². The van der Waals surface area contributed by atoms with Crippen molar-refractivity contribution in [2.45, 2.75) is 31.3 Å². The molecule has 1 saturated heterocycles. The Morgan fingerprint density at radius 2 is 2.11 bits per heavy atom. The van der Waals surface area contributed by atoms with Gasteiger partial charge < -0.3 is 16.2 Å². The predicted octanol–water partition coefficient (Wildman–Crippen LogP) is 0.443. The van der Waals surface area contributed by atoms with E-state index in [0.717, 1.165) is 12.8 Å². The van der Waals surface area contributed by atoms with Crippen molar-refractivity contribution >= 4 is 5.91 Å². The van der Waals surface area contributed by atoms with Crippen molar-refractivity contribution in [3.8, 4) is 0 Å². The Balaban J connectivity index is 1.88. The van der Waals surface area contributed by atoms with Crippen molar-refractivity contribution in [2.75, 3.05) is 6.61 Å². The highest BCUT2D eigenvalue weighted by Gasteiger charge is 2.32. The number of amides is 1. The van der Waals surface area contributed by atoms with Crippen LogP contribution in [0, 0.1) is 5.92 Å². The lowest BCUT2D eigenvalue weighted by Crippen LogP contribution is -2.31. The quantitative estimate of drug-likeness (QED) is 0.708. The Kier molecular flexibility index (Phi) is 4.33. The largest absolute Gasteiger partial charge is 0.395 e. The Bertz CT molecular complexity index is 394. The van der Waals surface area contributed by atoms with Crippen molar-refractivity contribution < 1.29 is 9.90 Å². The van der Waals surface area contributed by atoms with Crippen LogP contribution in [-0.2, 0) is 11.2 Å². The Labute approximate surface area is 107 Å². The molecule has 2 rings (SSSR count). The summed E-state index contributed by atoms with van der Waals surface area (Å²) in [4.78, 5) is 11.8. The summed E-state index contributed by atoms with van der Waals surface area (Å²) < 4.78 is 0.